The van der Waals surface area contributed by atoms with Crippen molar-refractivity contribution in [1.29, 1.82) is 0 Å². The van der Waals surface area contributed by atoms with Gasteiger partial charge >= 0.3 is 0 Å². The Balaban J connectivity index is 2.11. The van der Waals surface area contributed by atoms with E-state index in [2.05, 4.69) is 10.2 Å². The largest absolute Gasteiger partial charge is 0.354 e. The minimum Gasteiger partial charge on any atom is -0.354 e. The molecule has 2 heterocycles. The summed E-state index contributed by atoms with van der Waals surface area (Å²) in [6, 6.07) is 3.65. The summed E-state index contributed by atoms with van der Waals surface area (Å²) in [7, 11) is -2.88. The molecule has 0 bridgehead atoms. The van der Waals surface area contributed by atoms with Crippen LogP contribution in [0.15, 0.2) is 12.1 Å². The fourth-order valence-corrected chi connectivity index (χ4v) is 3.17. The Kier molecular flexibility index (Phi) is 3.83. The summed E-state index contributed by atoms with van der Waals surface area (Å²) in [5.41, 5.74) is 0.720. The number of hydrogen-bond acceptors (Lipinski definition) is 5. The first-order chi connectivity index (χ1) is 8.11. The molecule has 0 aromatic carbocycles. The lowest BCUT2D eigenvalue weighted by atomic mass is 10.3. The van der Waals surface area contributed by atoms with E-state index < -0.39 is 9.84 Å². The Morgan fingerprint density at radius 2 is 2.06 bits per heavy atom. The summed E-state index contributed by atoms with van der Waals surface area (Å²) in [5, 5.41) is 8.03. The highest BCUT2D eigenvalue weighted by Crippen LogP contribution is 2.14. The van der Waals surface area contributed by atoms with Gasteiger partial charge in [0.15, 0.2) is 15.7 Å². The lowest BCUT2D eigenvalue weighted by Crippen LogP contribution is -2.27. The summed E-state index contributed by atoms with van der Waals surface area (Å²) < 4.78 is 22.9. The van der Waals surface area contributed by atoms with Crippen LogP contribution in [-0.2, 0) is 15.7 Å². The second-order valence-corrected chi connectivity index (χ2v) is 6.58. The van der Waals surface area contributed by atoms with Crippen molar-refractivity contribution in [3.05, 3.63) is 17.8 Å². The molecule has 17 heavy (non-hydrogen) atoms. The van der Waals surface area contributed by atoms with Crippen LogP contribution in [-0.4, -0.2) is 43.2 Å². The standard InChI is InChI=1S/C10H14ClN3O2S/c11-8-9-2-3-10(13-12-9)14-4-1-6-17(15,16)7-5-14/h2-3H,1,4-8H2. The quantitative estimate of drug-likeness (QED) is 0.749. The highest BCUT2D eigenvalue weighted by atomic mass is 35.5. The predicted molar refractivity (Wildman–Crippen MR) is 67.1 cm³/mol. The first-order valence-corrected chi connectivity index (χ1v) is 7.80. The van der Waals surface area contributed by atoms with Crippen molar-refractivity contribution in [3.8, 4) is 0 Å². The highest BCUT2D eigenvalue weighted by molar-refractivity contribution is 7.91. The van der Waals surface area contributed by atoms with Gasteiger partial charge in [0.1, 0.15) is 0 Å². The van der Waals surface area contributed by atoms with Crippen molar-refractivity contribution in [2.45, 2.75) is 12.3 Å². The zero-order chi connectivity index (χ0) is 12.3. The zero-order valence-corrected chi connectivity index (χ0v) is 10.9. The minimum atomic E-state index is -2.88. The van der Waals surface area contributed by atoms with Crippen molar-refractivity contribution in [2.24, 2.45) is 0 Å². The van der Waals surface area contributed by atoms with Gasteiger partial charge in [0.2, 0.25) is 0 Å². The van der Waals surface area contributed by atoms with E-state index in [0.717, 1.165) is 11.5 Å². The van der Waals surface area contributed by atoms with Gasteiger partial charge in [-0.25, -0.2) is 8.42 Å². The normalized spacial score (nSPS) is 19.9. The molecule has 0 radical (unpaired) electrons. The average Bonchev–Trinajstić information content (AvgIpc) is 2.50. The monoisotopic (exact) mass is 275 g/mol. The maximum absolute atomic E-state index is 11.5. The molecule has 5 nitrogen and oxygen atoms in total. The van der Waals surface area contributed by atoms with Crippen molar-refractivity contribution in [1.82, 2.24) is 10.2 Å². The third kappa shape index (κ3) is 3.29. The molecule has 0 amide bonds. The van der Waals surface area contributed by atoms with Crippen LogP contribution in [0.1, 0.15) is 12.1 Å². The molecule has 1 aromatic heterocycles. The van der Waals surface area contributed by atoms with E-state index in [9.17, 15) is 8.42 Å². The molecule has 1 aliphatic heterocycles. The van der Waals surface area contributed by atoms with Crippen molar-refractivity contribution in [3.63, 3.8) is 0 Å². The van der Waals surface area contributed by atoms with E-state index in [1.54, 1.807) is 0 Å². The van der Waals surface area contributed by atoms with Crippen LogP contribution in [0.2, 0.25) is 0 Å². The van der Waals surface area contributed by atoms with Gasteiger partial charge in [-0.05, 0) is 18.6 Å². The maximum Gasteiger partial charge on any atom is 0.152 e. The van der Waals surface area contributed by atoms with Gasteiger partial charge < -0.3 is 4.90 Å². The Hall–Kier alpha value is -0.880. The second kappa shape index (κ2) is 5.18. The molecule has 7 heteroatoms. The van der Waals surface area contributed by atoms with Gasteiger partial charge in [0, 0.05) is 13.1 Å². The molecule has 1 fully saturated rings. The lowest BCUT2D eigenvalue weighted by molar-refractivity contribution is 0.597. The molecular formula is C10H14ClN3O2S. The number of rotatable bonds is 2. The molecule has 0 saturated carbocycles. The van der Waals surface area contributed by atoms with Gasteiger partial charge in [0.05, 0.1) is 23.1 Å². The fraction of sp³-hybridized carbons (Fsp3) is 0.600. The van der Waals surface area contributed by atoms with Gasteiger partial charge in [-0.2, -0.15) is 5.10 Å². The topological polar surface area (TPSA) is 63.2 Å². The van der Waals surface area contributed by atoms with Crippen LogP contribution in [0, 0.1) is 0 Å². The number of alkyl halides is 1. The van der Waals surface area contributed by atoms with Gasteiger partial charge in [-0.1, -0.05) is 0 Å². The van der Waals surface area contributed by atoms with Crippen molar-refractivity contribution >= 4 is 27.3 Å². The molecule has 0 spiro atoms. The number of halogens is 1. The average molecular weight is 276 g/mol. The summed E-state index contributed by atoms with van der Waals surface area (Å²) in [4.78, 5) is 1.95. The molecule has 0 N–H and O–H groups in total. The first-order valence-electron chi connectivity index (χ1n) is 5.45. The molecule has 1 aliphatic rings. The Labute approximate surface area is 106 Å². The van der Waals surface area contributed by atoms with Crippen LogP contribution in [0.25, 0.3) is 0 Å². The third-order valence-electron chi connectivity index (χ3n) is 2.72. The summed E-state index contributed by atoms with van der Waals surface area (Å²) in [5.74, 6) is 1.50. The molecule has 0 unspecified atom stereocenters. The Morgan fingerprint density at radius 3 is 2.71 bits per heavy atom. The van der Waals surface area contributed by atoms with E-state index in [0.29, 0.717) is 25.4 Å². The number of hydrogen-bond donors (Lipinski definition) is 0. The molecule has 0 aliphatic carbocycles. The van der Waals surface area contributed by atoms with Crippen LogP contribution < -0.4 is 4.90 Å². The zero-order valence-electron chi connectivity index (χ0n) is 9.34. The lowest BCUT2D eigenvalue weighted by Gasteiger charge is -2.19. The van der Waals surface area contributed by atoms with E-state index in [1.165, 1.54) is 0 Å². The molecule has 94 valence electrons. The van der Waals surface area contributed by atoms with Gasteiger partial charge in [0.25, 0.3) is 0 Å². The van der Waals surface area contributed by atoms with Gasteiger partial charge in [-0.15, -0.1) is 16.7 Å². The van der Waals surface area contributed by atoms with Crippen LogP contribution in [0.5, 0.6) is 0 Å². The molecule has 1 aromatic rings. The maximum atomic E-state index is 11.5. The number of sulfone groups is 1. The van der Waals surface area contributed by atoms with Crippen LogP contribution in [0.4, 0.5) is 5.82 Å². The Bertz CT molecular complexity index is 475. The Morgan fingerprint density at radius 1 is 1.24 bits per heavy atom. The van der Waals surface area contributed by atoms with E-state index in [1.807, 2.05) is 17.0 Å². The molecule has 1 saturated heterocycles. The second-order valence-electron chi connectivity index (χ2n) is 4.01. The number of aromatic nitrogens is 2. The first kappa shape index (κ1) is 12.6. The van der Waals surface area contributed by atoms with Crippen LogP contribution >= 0.6 is 11.6 Å². The van der Waals surface area contributed by atoms with Gasteiger partial charge in [-0.3, -0.25) is 0 Å². The van der Waals surface area contributed by atoms with Crippen molar-refractivity contribution in [2.75, 3.05) is 29.5 Å². The molecule has 0 atom stereocenters. The molecule has 2 rings (SSSR count). The highest BCUT2D eigenvalue weighted by Gasteiger charge is 2.20. The predicted octanol–water partition coefficient (Wildman–Crippen LogP) is 0.840. The van der Waals surface area contributed by atoms with E-state index in [-0.39, 0.29) is 11.5 Å². The third-order valence-corrected chi connectivity index (χ3v) is 4.71. The SMILES string of the molecule is O=S1(=O)CCCN(c2ccc(CCl)nn2)CC1. The summed E-state index contributed by atoms with van der Waals surface area (Å²) in [6.45, 7) is 1.19. The number of anilines is 1. The smallest absolute Gasteiger partial charge is 0.152 e. The van der Waals surface area contributed by atoms with E-state index in [4.69, 9.17) is 11.6 Å². The number of nitrogens with zero attached hydrogens (tertiary/aromatic N) is 3. The van der Waals surface area contributed by atoms with E-state index >= 15 is 0 Å². The fourth-order valence-electron chi connectivity index (χ4n) is 1.76. The summed E-state index contributed by atoms with van der Waals surface area (Å²) in [6.07, 6.45) is 0.640. The minimum absolute atomic E-state index is 0.186. The summed E-state index contributed by atoms with van der Waals surface area (Å²) >= 11 is 5.63. The van der Waals surface area contributed by atoms with Crippen molar-refractivity contribution < 1.29 is 8.42 Å². The van der Waals surface area contributed by atoms with Crippen LogP contribution in [0.3, 0.4) is 0 Å². The molecular weight excluding hydrogens is 262 g/mol.